The van der Waals surface area contributed by atoms with Crippen molar-refractivity contribution in [3.8, 4) is 5.75 Å². The van der Waals surface area contributed by atoms with Crippen LogP contribution in [0.2, 0.25) is 0 Å². The molecule has 0 unspecified atom stereocenters. The van der Waals surface area contributed by atoms with Gasteiger partial charge in [0, 0.05) is 28.6 Å². The SMILES string of the molecule is CCCCCCCCN(CCCCCCCC)c1ccc(/C=c2/c(C(C)(C)C)nn3c(CNS(=O)(=O)c4cc(C)ccc4OC)nnc23)s1. The average molecular weight is 711 g/mol. The summed E-state index contributed by atoms with van der Waals surface area (Å²) in [4.78, 5) is 3.82. The molecule has 3 aromatic heterocycles. The number of anilines is 1. The van der Waals surface area contributed by atoms with E-state index in [0.717, 1.165) is 34.4 Å². The van der Waals surface area contributed by atoms with Crippen molar-refractivity contribution >= 4 is 38.1 Å². The minimum atomic E-state index is -3.88. The number of ether oxygens (including phenoxy) is 1. The second-order valence-electron chi connectivity index (χ2n) is 14.2. The number of rotatable bonds is 21. The summed E-state index contributed by atoms with van der Waals surface area (Å²) >= 11 is 1.82. The number of unbranched alkanes of at least 4 members (excludes halogenated alkanes) is 10. The van der Waals surface area contributed by atoms with Crippen LogP contribution in [0.5, 0.6) is 5.75 Å². The number of nitrogens with one attached hydrogen (secondary N) is 1. The van der Waals surface area contributed by atoms with E-state index in [1.165, 1.54) is 89.2 Å². The van der Waals surface area contributed by atoms with Gasteiger partial charge in [-0.25, -0.2) is 13.1 Å². The Hall–Kier alpha value is -3.02. The maximum atomic E-state index is 13.3. The molecule has 1 N–H and O–H groups in total. The number of methoxy groups -OCH3 is 1. The molecule has 0 atom stereocenters. The van der Waals surface area contributed by atoms with Crippen LogP contribution in [0.15, 0.2) is 35.2 Å². The Kier molecular flexibility index (Phi) is 14.5. The number of aromatic nitrogens is 4. The fraction of sp³-hybridized carbons (Fsp3) is 0.605. The van der Waals surface area contributed by atoms with Gasteiger partial charge in [0.1, 0.15) is 10.6 Å². The molecule has 0 radical (unpaired) electrons. The summed E-state index contributed by atoms with van der Waals surface area (Å²) < 4.78 is 36.3. The minimum absolute atomic E-state index is 0.0599. The smallest absolute Gasteiger partial charge is 0.244 e. The molecule has 0 aliphatic heterocycles. The van der Waals surface area contributed by atoms with E-state index in [9.17, 15) is 8.42 Å². The second kappa shape index (κ2) is 18.3. The van der Waals surface area contributed by atoms with Crippen molar-refractivity contribution in [2.75, 3.05) is 25.1 Å². The molecule has 3 heterocycles. The molecule has 4 rings (SSSR count). The zero-order valence-corrected chi connectivity index (χ0v) is 32.5. The lowest BCUT2D eigenvalue weighted by molar-refractivity contribution is 0.402. The lowest BCUT2D eigenvalue weighted by atomic mass is 9.91. The summed E-state index contributed by atoms with van der Waals surface area (Å²) in [5.41, 5.74) is 2.08. The number of fused-ring (bicyclic) bond motifs is 1. The van der Waals surface area contributed by atoms with Crippen LogP contribution < -0.4 is 19.6 Å². The molecule has 0 saturated heterocycles. The number of sulfonamides is 1. The zero-order chi connectivity index (χ0) is 35.4. The summed E-state index contributed by atoms with van der Waals surface area (Å²) in [6.45, 7) is 14.9. The van der Waals surface area contributed by atoms with Crippen molar-refractivity contribution in [1.29, 1.82) is 0 Å². The highest BCUT2D eigenvalue weighted by molar-refractivity contribution is 7.89. The molecule has 0 saturated carbocycles. The first kappa shape index (κ1) is 38.8. The highest BCUT2D eigenvalue weighted by atomic mass is 32.2. The molecule has 0 aliphatic rings. The van der Waals surface area contributed by atoms with E-state index in [0.29, 0.717) is 11.5 Å². The van der Waals surface area contributed by atoms with E-state index in [1.54, 1.807) is 16.6 Å². The molecule has 0 aliphatic carbocycles. The number of hydrogen-bond donors (Lipinski definition) is 1. The summed E-state index contributed by atoms with van der Waals surface area (Å²) in [5, 5.41) is 16.0. The maximum absolute atomic E-state index is 13.3. The van der Waals surface area contributed by atoms with Crippen molar-refractivity contribution in [2.45, 2.75) is 135 Å². The normalized spacial score (nSPS) is 12.8. The van der Waals surface area contributed by atoms with Gasteiger partial charge in [0.15, 0.2) is 11.5 Å². The number of aryl methyl sites for hydroxylation is 1. The Morgan fingerprint density at radius 2 is 1.53 bits per heavy atom. The highest BCUT2D eigenvalue weighted by Crippen LogP contribution is 2.29. The Morgan fingerprint density at radius 3 is 2.14 bits per heavy atom. The van der Waals surface area contributed by atoms with Crippen LogP contribution in [0.25, 0.3) is 11.7 Å². The molecule has 270 valence electrons. The van der Waals surface area contributed by atoms with Crippen molar-refractivity contribution in [1.82, 2.24) is 24.5 Å². The van der Waals surface area contributed by atoms with Crippen molar-refractivity contribution < 1.29 is 13.2 Å². The maximum Gasteiger partial charge on any atom is 0.244 e. The number of benzene rings is 1. The quantitative estimate of drug-likeness (QED) is 0.0868. The molecule has 0 amide bonds. The molecule has 0 bridgehead atoms. The van der Waals surface area contributed by atoms with Crippen LogP contribution >= 0.6 is 11.3 Å². The summed E-state index contributed by atoms with van der Waals surface area (Å²) in [6, 6.07) is 9.54. The van der Waals surface area contributed by atoms with Crippen LogP contribution in [-0.2, 0) is 22.0 Å². The predicted molar refractivity (Wildman–Crippen MR) is 203 cm³/mol. The van der Waals surface area contributed by atoms with E-state index in [4.69, 9.17) is 9.84 Å². The van der Waals surface area contributed by atoms with Gasteiger partial charge >= 0.3 is 0 Å². The molecule has 9 nitrogen and oxygen atoms in total. The van der Waals surface area contributed by atoms with Gasteiger partial charge in [0.25, 0.3) is 0 Å². The fourth-order valence-electron chi connectivity index (χ4n) is 6.10. The summed E-state index contributed by atoms with van der Waals surface area (Å²) in [7, 11) is -2.41. The van der Waals surface area contributed by atoms with E-state index < -0.39 is 10.0 Å². The lowest BCUT2D eigenvalue weighted by Crippen LogP contribution is -2.25. The molecular formula is C38H58N6O3S2. The summed E-state index contributed by atoms with van der Waals surface area (Å²) in [5.74, 6) is 0.710. The van der Waals surface area contributed by atoms with Gasteiger partial charge in [-0.2, -0.15) is 9.61 Å². The van der Waals surface area contributed by atoms with E-state index in [-0.39, 0.29) is 22.6 Å². The molecule has 4 aromatic rings. The first-order valence-electron chi connectivity index (χ1n) is 18.2. The number of hydrogen-bond acceptors (Lipinski definition) is 8. The monoisotopic (exact) mass is 710 g/mol. The third-order valence-corrected chi connectivity index (χ3v) is 11.4. The topological polar surface area (TPSA) is 102 Å². The number of nitrogens with zero attached hydrogens (tertiary/aromatic N) is 5. The standard InChI is InChI=1S/C38H58N6O3S2/c1-8-10-12-14-16-18-24-43(25-19-17-15-13-11-9-2)35-23-21-30(48-35)27-31-36(38(4,5)6)42-44-34(40-41-37(31)44)28-39-49(45,46)33-26-29(3)20-22-32(33)47-7/h20-23,26-27,39H,8-19,24-25,28H2,1-7H3/b31-27-. The van der Waals surface area contributed by atoms with Crippen LogP contribution in [0.1, 0.15) is 134 Å². The average Bonchev–Trinajstić information content (AvgIpc) is 3.79. The zero-order valence-electron chi connectivity index (χ0n) is 30.8. The van der Waals surface area contributed by atoms with E-state index in [1.807, 2.05) is 24.3 Å². The van der Waals surface area contributed by atoms with Gasteiger partial charge in [0.2, 0.25) is 10.0 Å². The highest BCUT2D eigenvalue weighted by Gasteiger charge is 2.25. The molecule has 11 heteroatoms. The van der Waals surface area contributed by atoms with Gasteiger partial charge in [-0.1, -0.05) is 105 Å². The van der Waals surface area contributed by atoms with Crippen LogP contribution in [0.3, 0.4) is 0 Å². The van der Waals surface area contributed by atoms with E-state index in [2.05, 4.69) is 72.6 Å². The largest absolute Gasteiger partial charge is 0.495 e. The number of thiophene rings is 1. The van der Waals surface area contributed by atoms with Crippen molar-refractivity contribution in [3.63, 3.8) is 0 Å². The van der Waals surface area contributed by atoms with Gasteiger partial charge in [-0.3, -0.25) is 0 Å². The van der Waals surface area contributed by atoms with Crippen LogP contribution in [0.4, 0.5) is 5.00 Å². The molecule has 0 fully saturated rings. The first-order chi connectivity index (χ1) is 23.5. The van der Waals surface area contributed by atoms with Gasteiger partial charge in [0.05, 0.1) is 24.3 Å². The third kappa shape index (κ3) is 10.7. The first-order valence-corrected chi connectivity index (χ1v) is 20.5. The van der Waals surface area contributed by atoms with Gasteiger partial charge in [-0.05, 0) is 55.7 Å². The van der Waals surface area contributed by atoms with E-state index >= 15 is 0 Å². The van der Waals surface area contributed by atoms with Gasteiger partial charge in [-0.15, -0.1) is 21.5 Å². The molecule has 49 heavy (non-hydrogen) atoms. The fourth-order valence-corrected chi connectivity index (χ4v) is 8.34. The van der Waals surface area contributed by atoms with Gasteiger partial charge < -0.3 is 9.64 Å². The third-order valence-electron chi connectivity index (χ3n) is 8.91. The Labute approximate surface area is 298 Å². The minimum Gasteiger partial charge on any atom is -0.495 e. The molecular weight excluding hydrogens is 653 g/mol. The molecule has 0 spiro atoms. The Balaban J connectivity index is 1.57. The Morgan fingerprint density at radius 1 is 0.898 bits per heavy atom. The van der Waals surface area contributed by atoms with Crippen LogP contribution in [-0.4, -0.2) is 48.4 Å². The van der Waals surface area contributed by atoms with Crippen molar-refractivity contribution in [2.24, 2.45) is 0 Å². The van der Waals surface area contributed by atoms with Crippen molar-refractivity contribution in [3.05, 3.63) is 57.5 Å². The lowest BCUT2D eigenvalue weighted by Gasteiger charge is -2.23. The second-order valence-corrected chi connectivity index (χ2v) is 17.0. The Bertz CT molecular complexity index is 1760. The van der Waals surface area contributed by atoms with Crippen LogP contribution in [0, 0.1) is 6.92 Å². The predicted octanol–water partition coefficient (Wildman–Crippen LogP) is 8.35. The molecule has 1 aromatic carbocycles. The summed E-state index contributed by atoms with van der Waals surface area (Å²) in [6.07, 6.45) is 17.7.